The van der Waals surface area contributed by atoms with Gasteiger partial charge in [-0.1, -0.05) is 19.1 Å². The van der Waals surface area contributed by atoms with Crippen LogP contribution in [0.4, 0.5) is 0 Å². The summed E-state index contributed by atoms with van der Waals surface area (Å²) < 4.78 is 0. The fraction of sp³-hybridized carbons (Fsp3) is 0.455. The highest BCUT2D eigenvalue weighted by Gasteiger charge is 2.10. The summed E-state index contributed by atoms with van der Waals surface area (Å²) in [6.07, 6.45) is 1.39. The molecule has 0 saturated heterocycles. The molecule has 0 aliphatic rings. The van der Waals surface area contributed by atoms with Gasteiger partial charge in [-0.3, -0.25) is 0 Å². The number of rotatable bonds is 4. The summed E-state index contributed by atoms with van der Waals surface area (Å²) in [5.74, 6) is 0.211. The minimum atomic E-state index is -0.286. The molecule has 0 radical (unpaired) electrons. The Morgan fingerprint density at radius 3 is 2.71 bits per heavy atom. The zero-order valence-electron chi connectivity index (χ0n) is 8.40. The molecule has 0 fully saturated rings. The minimum Gasteiger partial charge on any atom is -0.508 e. The van der Waals surface area contributed by atoms with E-state index in [-0.39, 0.29) is 18.4 Å². The molecule has 0 saturated carbocycles. The third-order valence-electron chi connectivity index (χ3n) is 2.34. The minimum absolute atomic E-state index is 0.0387. The van der Waals surface area contributed by atoms with E-state index in [4.69, 9.17) is 10.8 Å². The molecule has 0 aliphatic carbocycles. The number of phenolic OH excluding ortho intramolecular Hbond substituents is 1. The van der Waals surface area contributed by atoms with Crippen molar-refractivity contribution in [2.24, 2.45) is 5.73 Å². The molecule has 3 heteroatoms. The van der Waals surface area contributed by atoms with Crippen LogP contribution in [0.3, 0.4) is 0 Å². The molecule has 14 heavy (non-hydrogen) atoms. The van der Waals surface area contributed by atoms with E-state index in [1.165, 1.54) is 0 Å². The quantitative estimate of drug-likeness (QED) is 0.679. The predicted molar refractivity (Wildman–Crippen MR) is 56.1 cm³/mol. The molecule has 0 bridgehead atoms. The first-order chi connectivity index (χ1) is 6.69. The lowest BCUT2D eigenvalue weighted by Crippen LogP contribution is -2.12. The fourth-order valence-electron chi connectivity index (χ4n) is 1.42. The first-order valence-electron chi connectivity index (χ1n) is 4.87. The molecule has 0 spiro atoms. The van der Waals surface area contributed by atoms with E-state index in [9.17, 15) is 5.11 Å². The number of aliphatic hydroxyl groups is 1. The van der Waals surface area contributed by atoms with Crippen LogP contribution in [-0.4, -0.2) is 16.8 Å². The van der Waals surface area contributed by atoms with Crippen molar-refractivity contribution in [3.8, 4) is 5.75 Å². The van der Waals surface area contributed by atoms with Gasteiger partial charge in [-0.25, -0.2) is 0 Å². The largest absolute Gasteiger partial charge is 0.508 e. The Hall–Kier alpha value is -1.06. The molecule has 0 aliphatic heterocycles. The molecule has 0 unspecified atom stereocenters. The maximum absolute atomic E-state index is 9.57. The molecule has 3 nitrogen and oxygen atoms in total. The second-order valence-corrected chi connectivity index (χ2v) is 3.37. The van der Waals surface area contributed by atoms with E-state index >= 15 is 0 Å². The van der Waals surface area contributed by atoms with Crippen molar-refractivity contribution >= 4 is 0 Å². The highest BCUT2D eigenvalue weighted by atomic mass is 16.3. The number of benzene rings is 1. The number of aromatic hydroxyl groups is 1. The zero-order chi connectivity index (χ0) is 10.6. The smallest absolute Gasteiger partial charge is 0.120 e. The summed E-state index contributed by atoms with van der Waals surface area (Å²) in [6.45, 7) is 2.09. The van der Waals surface area contributed by atoms with E-state index in [1.54, 1.807) is 6.07 Å². The second-order valence-electron chi connectivity index (χ2n) is 3.37. The second kappa shape index (κ2) is 4.98. The Labute approximate surface area is 84.2 Å². The fourth-order valence-corrected chi connectivity index (χ4v) is 1.42. The Morgan fingerprint density at radius 1 is 1.43 bits per heavy atom. The standard InChI is InChI=1S/C11H17NO2/c1-2-8-3-4-11(14)9(7-8)10(12)5-6-13/h3-4,7,10,13-14H,2,5-6,12H2,1H3/t10-/m1/s1. The highest BCUT2D eigenvalue weighted by molar-refractivity contribution is 5.38. The number of phenols is 1. The van der Waals surface area contributed by atoms with E-state index < -0.39 is 0 Å². The molecule has 0 heterocycles. The van der Waals surface area contributed by atoms with Gasteiger partial charge < -0.3 is 15.9 Å². The first kappa shape index (κ1) is 11.0. The van der Waals surface area contributed by atoms with Gasteiger partial charge in [0.1, 0.15) is 5.75 Å². The van der Waals surface area contributed by atoms with Gasteiger partial charge in [0.15, 0.2) is 0 Å². The average Bonchev–Trinajstić information content (AvgIpc) is 2.19. The normalized spacial score (nSPS) is 12.8. The lowest BCUT2D eigenvalue weighted by Gasteiger charge is -2.13. The molecular weight excluding hydrogens is 178 g/mol. The van der Waals surface area contributed by atoms with Crippen molar-refractivity contribution in [1.29, 1.82) is 0 Å². The van der Waals surface area contributed by atoms with Crippen LogP contribution in [0.25, 0.3) is 0 Å². The van der Waals surface area contributed by atoms with Gasteiger partial charge in [0.2, 0.25) is 0 Å². The van der Waals surface area contributed by atoms with Crippen LogP contribution in [0.1, 0.15) is 30.5 Å². The number of aliphatic hydroxyl groups excluding tert-OH is 1. The van der Waals surface area contributed by atoms with Crippen molar-refractivity contribution < 1.29 is 10.2 Å². The van der Waals surface area contributed by atoms with Crippen molar-refractivity contribution in [2.45, 2.75) is 25.8 Å². The highest BCUT2D eigenvalue weighted by Crippen LogP contribution is 2.25. The van der Waals surface area contributed by atoms with Crippen LogP contribution >= 0.6 is 0 Å². The van der Waals surface area contributed by atoms with Gasteiger partial charge in [0.25, 0.3) is 0 Å². The maximum atomic E-state index is 9.57. The van der Waals surface area contributed by atoms with E-state index in [1.807, 2.05) is 19.1 Å². The van der Waals surface area contributed by atoms with Crippen LogP contribution < -0.4 is 5.73 Å². The first-order valence-corrected chi connectivity index (χ1v) is 4.87. The van der Waals surface area contributed by atoms with Crippen LogP contribution in [0.15, 0.2) is 18.2 Å². The molecule has 1 atom stereocenters. The molecular formula is C11H17NO2. The van der Waals surface area contributed by atoms with Gasteiger partial charge >= 0.3 is 0 Å². The lowest BCUT2D eigenvalue weighted by atomic mass is 10.0. The van der Waals surface area contributed by atoms with Gasteiger partial charge in [-0.2, -0.15) is 0 Å². The Morgan fingerprint density at radius 2 is 2.14 bits per heavy atom. The summed E-state index contributed by atoms with van der Waals surface area (Å²) in [7, 11) is 0. The van der Waals surface area contributed by atoms with Crippen LogP contribution in [0.5, 0.6) is 5.75 Å². The topological polar surface area (TPSA) is 66.5 Å². The summed E-state index contributed by atoms with van der Waals surface area (Å²) in [5.41, 5.74) is 7.68. The molecule has 78 valence electrons. The molecule has 4 N–H and O–H groups in total. The monoisotopic (exact) mass is 195 g/mol. The lowest BCUT2D eigenvalue weighted by molar-refractivity contribution is 0.275. The molecule has 1 rings (SSSR count). The third kappa shape index (κ3) is 2.47. The Kier molecular flexibility index (Phi) is 3.92. The summed E-state index contributed by atoms with van der Waals surface area (Å²) in [5, 5.41) is 18.3. The number of aryl methyl sites for hydroxylation is 1. The maximum Gasteiger partial charge on any atom is 0.120 e. The molecule has 1 aromatic rings. The number of nitrogens with two attached hydrogens (primary N) is 1. The van der Waals surface area contributed by atoms with Crippen LogP contribution in [0.2, 0.25) is 0 Å². The van der Waals surface area contributed by atoms with Crippen LogP contribution in [0, 0.1) is 0 Å². The summed E-state index contributed by atoms with van der Waals surface area (Å²) in [4.78, 5) is 0. The van der Waals surface area contributed by atoms with Gasteiger partial charge in [0, 0.05) is 18.2 Å². The van der Waals surface area contributed by atoms with Gasteiger partial charge in [-0.05, 0) is 24.5 Å². The van der Waals surface area contributed by atoms with Crippen LogP contribution in [-0.2, 0) is 6.42 Å². The Bertz CT molecular complexity index is 299. The van der Waals surface area contributed by atoms with Crippen molar-refractivity contribution in [1.82, 2.24) is 0 Å². The molecule has 1 aromatic carbocycles. The predicted octanol–water partition coefficient (Wildman–Crippen LogP) is 1.34. The summed E-state index contributed by atoms with van der Waals surface area (Å²) >= 11 is 0. The number of hydrogen-bond acceptors (Lipinski definition) is 3. The Balaban J connectivity index is 2.93. The van der Waals surface area contributed by atoms with E-state index in [2.05, 4.69) is 0 Å². The number of hydrogen-bond donors (Lipinski definition) is 3. The molecule has 0 amide bonds. The van der Waals surface area contributed by atoms with Crippen molar-refractivity contribution in [3.63, 3.8) is 0 Å². The van der Waals surface area contributed by atoms with Gasteiger partial charge in [-0.15, -0.1) is 0 Å². The average molecular weight is 195 g/mol. The molecule has 0 aromatic heterocycles. The summed E-state index contributed by atoms with van der Waals surface area (Å²) in [6, 6.07) is 5.15. The van der Waals surface area contributed by atoms with Crippen molar-refractivity contribution in [2.75, 3.05) is 6.61 Å². The zero-order valence-corrected chi connectivity index (χ0v) is 8.40. The van der Waals surface area contributed by atoms with Crippen molar-refractivity contribution in [3.05, 3.63) is 29.3 Å². The third-order valence-corrected chi connectivity index (χ3v) is 2.34. The van der Waals surface area contributed by atoms with E-state index in [0.29, 0.717) is 6.42 Å². The van der Waals surface area contributed by atoms with Gasteiger partial charge in [0.05, 0.1) is 0 Å². The van der Waals surface area contributed by atoms with E-state index in [0.717, 1.165) is 17.5 Å². The SMILES string of the molecule is CCc1ccc(O)c([C@H](N)CCO)c1.